The SMILES string of the molecule is C=CCOc1cccc([C@@H]2NC(=S)NC(C(C)C)=C2C(=O)C(=O)OCC)c1. The lowest BCUT2D eigenvalue weighted by Gasteiger charge is -2.32. The summed E-state index contributed by atoms with van der Waals surface area (Å²) in [5.74, 6) is -0.981. The summed E-state index contributed by atoms with van der Waals surface area (Å²) in [5.41, 5.74) is 1.67. The number of allylic oxidation sites excluding steroid dienone is 1. The van der Waals surface area contributed by atoms with Crippen molar-refractivity contribution >= 4 is 29.1 Å². The van der Waals surface area contributed by atoms with Gasteiger partial charge in [-0.15, -0.1) is 0 Å². The molecule has 1 atom stereocenters. The first-order chi connectivity index (χ1) is 12.9. The average molecular weight is 388 g/mol. The molecular weight excluding hydrogens is 364 g/mol. The first-order valence-electron chi connectivity index (χ1n) is 8.75. The molecule has 1 heterocycles. The van der Waals surface area contributed by atoms with Crippen molar-refractivity contribution in [3.63, 3.8) is 0 Å². The van der Waals surface area contributed by atoms with E-state index < -0.39 is 17.8 Å². The molecule has 1 aliphatic heterocycles. The van der Waals surface area contributed by atoms with Gasteiger partial charge >= 0.3 is 5.97 Å². The first kappa shape index (κ1) is 20.6. The summed E-state index contributed by atoms with van der Waals surface area (Å²) in [7, 11) is 0. The molecule has 6 nitrogen and oxygen atoms in total. The van der Waals surface area contributed by atoms with E-state index in [1.807, 2.05) is 38.1 Å². The smallest absolute Gasteiger partial charge is 0.379 e. The maximum absolute atomic E-state index is 12.9. The Hall–Kier alpha value is -2.67. The van der Waals surface area contributed by atoms with Crippen LogP contribution in [-0.2, 0) is 14.3 Å². The summed E-state index contributed by atoms with van der Waals surface area (Å²) >= 11 is 5.31. The number of hydrogen-bond acceptors (Lipinski definition) is 5. The van der Waals surface area contributed by atoms with E-state index >= 15 is 0 Å². The van der Waals surface area contributed by atoms with Gasteiger partial charge in [0.05, 0.1) is 18.2 Å². The van der Waals surface area contributed by atoms with Crippen LogP contribution in [0.15, 0.2) is 48.2 Å². The Balaban J connectivity index is 2.52. The van der Waals surface area contributed by atoms with E-state index in [0.717, 1.165) is 5.56 Å². The van der Waals surface area contributed by atoms with Crippen LogP contribution in [0.5, 0.6) is 5.75 Å². The van der Waals surface area contributed by atoms with Crippen molar-refractivity contribution in [3.8, 4) is 5.75 Å². The van der Waals surface area contributed by atoms with Gasteiger partial charge < -0.3 is 20.1 Å². The van der Waals surface area contributed by atoms with Crippen molar-refractivity contribution < 1.29 is 19.1 Å². The van der Waals surface area contributed by atoms with Crippen LogP contribution in [0.3, 0.4) is 0 Å². The number of benzene rings is 1. The van der Waals surface area contributed by atoms with Crippen LogP contribution in [0.1, 0.15) is 32.4 Å². The van der Waals surface area contributed by atoms with Crippen LogP contribution < -0.4 is 15.4 Å². The highest BCUT2D eigenvalue weighted by Gasteiger charge is 2.36. The van der Waals surface area contributed by atoms with Crippen molar-refractivity contribution in [1.82, 2.24) is 10.6 Å². The Morgan fingerprint density at radius 3 is 2.74 bits per heavy atom. The quantitative estimate of drug-likeness (QED) is 0.307. The van der Waals surface area contributed by atoms with Gasteiger partial charge in [0.2, 0.25) is 0 Å². The zero-order valence-electron chi connectivity index (χ0n) is 15.7. The number of ketones is 1. The number of hydrogen-bond donors (Lipinski definition) is 2. The van der Waals surface area contributed by atoms with E-state index in [1.165, 1.54) is 0 Å². The van der Waals surface area contributed by atoms with Crippen LogP contribution >= 0.6 is 12.2 Å². The van der Waals surface area contributed by atoms with Crippen LogP contribution in [-0.4, -0.2) is 30.1 Å². The standard InChI is InChI=1S/C20H24N2O4S/c1-5-10-26-14-9-7-8-13(11-14)17-15(18(23)19(24)25-6-2)16(12(3)4)21-20(27)22-17/h5,7-9,11-12,17H,1,6,10H2,2-4H3,(H2,21,22,27)/t17-/m0/s1. The van der Waals surface area contributed by atoms with Crippen molar-refractivity contribution in [2.45, 2.75) is 26.8 Å². The number of ether oxygens (including phenoxy) is 2. The molecule has 144 valence electrons. The van der Waals surface area contributed by atoms with E-state index in [-0.39, 0.29) is 12.5 Å². The highest BCUT2D eigenvalue weighted by molar-refractivity contribution is 7.80. The lowest BCUT2D eigenvalue weighted by atomic mass is 9.89. The van der Waals surface area contributed by atoms with Gasteiger partial charge in [0, 0.05) is 5.70 Å². The van der Waals surface area contributed by atoms with Crippen LogP contribution in [0.2, 0.25) is 0 Å². The molecule has 1 aromatic rings. The van der Waals surface area contributed by atoms with Crippen LogP contribution in [0.4, 0.5) is 0 Å². The van der Waals surface area contributed by atoms with Gasteiger partial charge in [-0.1, -0.05) is 38.6 Å². The molecule has 0 fully saturated rings. The van der Waals surface area contributed by atoms with Gasteiger partial charge in [0.1, 0.15) is 12.4 Å². The monoisotopic (exact) mass is 388 g/mol. The molecule has 0 bridgehead atoms. The van der Waals surface area contributed by atoms with Crippen LogP contribution in [0.25, 0.3) is 0 Å². The third-order valence-electron chi connectivity index (χ3n) is 3.94. The van der Waals surface area contributed by atoms with Gasteiger partial charge in [-0.05, 0) is 42.8 Å². The normalized spacial score (nSPS) is 16.4. The van der Waals surface area contributed by atoms with E-state index in [2.05, 4.69) is 17.2 Å². The Kier molecular flexibility index (Phi) is 7.12. The van der Waals surface area contributed by atoms with Gasteiger partial charge in [0.15, 0.2) is 5.11 Å². The number of carbonyl (C=O) groups excluding carboxylic acids is 2. The van der Waals surface area contributed by atoms with Gasteiger partial charge in [-0.3, -0.25) is 4.79 Å². The number of thiocarbonyl (C=S) groups is 1. The number of carbonyl (C=O) groups is 2. The molecule has 1 aliphatic rings. The molecule has 2 N–H and O–H groups in total. The molecule has 0 radical (unpaired) electrons. The Bertz CT molecular complexity index is 786. The Labute approximate surface area is 164 Å². The molecular formula is C20H24N2O4S. The van der Waals surface area contributed by atoms with Crippen molar-refractivity contribution in [2.24, 2.45) is 5.92 Å². The van der Waals surface area contributed by atoms with Crippen molar-refractivity contribution in [2.75, 3.05) is 13.2 Å². The minimum Gasteiger partial charge on any atom is -0.490 e. The van der Waals surface area contributed by atoms with E-state index in [1.54, 1.807) is 13.0 Å². The highest BCUT2D eigenvalue weighted by atomic mass is 32.1. The third-order valence-corrected chi connectivity index (χ3v) is 4.16. The number of Topliss-reactive ketones (excluding diaryl/α,β-unsaturated/α-hetero) is 1. The van der Waals surface area contributed by atoms with E-state index in [9.17, 15) is 9.59 Å². The molecule has 1 aromatic carbocycles. The maximum atomic E-state index is 12.9. The second kappa shape index (κ2) is 9.32. The number of rotatable bonds is 8. The summed E-state index contributed by atoms with van der Waals surface area (Å²) in [6.07, 6.45) is 1.65. The topological polar surface area (TPSA) is 76.7 Å². The van der Waals surface area contributed by atoms with E-state index in [4.69, 9.17) is 21.7 Å². The zero-order valence-corrected chi connectivity index (χ0v) is 16.5. The first-order valence-corrected chi connectivity index (χ1v) is 9.16. The summed E-state index contributed by atoms with van der Waals surface area (Å²) in [6.45, 7) is 9.64. The third kappa shape index (κ3) is 4.95. The fourth-order valence-electron chi connectivity index (χ4n) is 2.79. The predicted molar refractivity (Wildman–Crippen MR) is 107 cm³/mol. The average Bonchev–Trinajstić information content (AvgIpc) is 2.65. The molecule has 7 heteroatoms. The van der Waals surface area contributed by atoms with E-state index in [0.29, 0.717) is 28.7 Å². The molecule has 0 saturated heterocycles. The Morgan fingerprint density at radius 2 is 2.11 bits per heavy atom. The molecule has 0 aromatic heterocycles. The predicted octanol–water partition coefficient (Wildman–Crippen LogP) is 2.81. The lowest BCUT2D eigenvalue weighted by Crippen LogP contribution is -2.47. The largest absolute Gasteiger partial charge is 0.490 e. The molecule has 0 unspecified atom stereocenters. The van der Waals surface area contributed by atoms with Gasteiger partial charge in [0.25, 0.3) is 5.78 Å². The van der Waals surface area contributed by atoms with Crippen LogP contribution in [0, 0.1) is 5.92 Å². The van der Waals surface area contributed by atoms with Crippen molar-refractivity contribution in [1.29, 1.82) is 0 Å². The number of esters is 1. The fraction of sp³-hybridized carbons (Fsp3) is 0.350. The summed E-state index contributed by atoms with van der Waals surface area (Å²) < 4.78 is 10.5. The number of nitrogens with one attached hydrogen (secondary N) is 2. The second-order valence-corrected chi connectivity index (χ2v) is 6.64. The van der Waals surface area contributed by atoms with Gasteiger partial charge in [-0.25, -0.2) is 4.79 Å². The Morgan fingerprint density at radius 1 is 1.37 bits per heavy atom. The minimum absolute atomic E-state index is 0.0406. The molecule has 27 heavy (non-hydrogen) atoms. The summed E-state index contributed by atoms with van der Waals surface area (Å²) in [5, 5.41) is 6.50. The van der Waals surface area contributed by atoms with Crippen molar-refractivity contribution in [3.05, 3.63) is 53.8 Å². The van der Waals surface area contributed by atoms with Gasteiger partial charge in [-0.2, -0.15) is 0 Å². The molecule has 0 saturated carbocycles. The summed E-state index contributed by atoms with van der Waals surface area (Å²) in [4.78, 5) is 25.0. The minimum atomic E-state index is -0.883. The zero-order chi connectivity index (χ0) is 20.0. The second-order valence-electron chi connectivity index (χ2n) is 6.24. The molecule has 0 amide bonds. The molecule has 0 spiro atoms. The maximum Gasteiger partial charge on any atom is 0.379 e. The lowest BCUT2D eigenvalue weighted by molar-refractivity contribution is -0.152. The molecule has 2 rings (SSSR count). The fourth-order valence-corrected chi connectivity index (χ4v) is 3.02. The highest BCUT2D eigenvalue weighted by Crippen LogP contribution is 2.32. The molecule has 0 aliphatic carbocycles. The summed E-state index contributed by atoms with van der Waals surface area (Å²) in [6, 6.07) is 6.71.